The highest BCUT2D eigenvalue weighted by molar-refractivity contribution is 6.31. The minimum absolute atomic E-state index is 0.0841. The Morgan fingerprint density at radius 1 is 1.10 bits per heavy atom. The Balaban J connectivity index is 1.83. The maximum Gasteiger partial charge on any atom is 0.206 e. The zero-order valence-corrected chi connectivity index (χ0v) is 11.5. The van der Waals surface area contributed by atoms with Crippen molar-refractivity contribution in [2.45, 2.75) is 18.3 Å². The highest BCUT2D eigenvalue weighted by Gasteiger charge is 2.50. The topological polar surface area (TPSA) is 52.0 Å². The van der Waals surface area contributed by atoms with Gasteiger partial charge in [-0.05, 0) is 42.7 Å². The van der Waals surface area contributed by atoms with Gasteiger partial charge in [0.05, 0.1) is 5.41 Å². The van der Waals surface area contributed by atoms with Crippen LogP contribution in [-0.4, -0.2) is 4.98 Å². The number of rotatable bonds is 2. The third-order valence-electron chi connectivity index (χ3n) is 3.97. The molecule has 1 heterocycles. The number of nitrogens with two attached hydrogens (primary N) is 1. The standard InChI is InChI=1S/C16H13ClN2O/c17-11-3-6-13-14(9-11)20-15(19-13)16(7-8-16)10-1-4-12(18)5-2-10/h1-6,9H,7-8,18H2. The molecule has 0 unspecified atom stereocenters. The van der Waals surface area contributed by atoms with Gasteiger partial charge in [0.15, 0.2) is 5.58 Å². The molecule has 1 fully saturated rings. The van der Waals surface area contributed by atoms with E-state index in [1.807, 2.05) is 30.3 Å². The third-order valence-corrected chi connectivity index (χ3v) is 4.21. The number of benzene rings is 2. The van der Waals surface area contributed by atoms with E-state index in [0.29, 0.717) is 5.02 Å². The molecule has 0 radical (unpaired) electrons. The lowest BCUT2D eigenvalue weighted by Gasteiger charge is -2.11. The molecule has 1 aliphatic carbocycles. The molecule has 3 aromatic rings. The van der Waals surface area contributed by atoms with E-state index in [1.54, 1.807) is 0 Å². The first-order valence-electron chi connectivity index (χ1n) is 6.60. The quantitative estimate of drug-likeness (QED) is 0.720. The minimum atomic E-state index is -0.0841. The molecule has 0 amide bonds. The molecule has 0 saturated heterocycles. The van der Waals surface area contributed by atoms with E-state index in [9.17, 15) is 0 Å². The molecule has 20 heavy (non-hydrogen) atoms. The number of anilines is 1. The fourth-order valence-electron chi connectivity index (χ4n) is 2.66. The van der Waals surface area contributed by atoms with Crippen LogP contribution in [0.4, 0.5) is 5.69 Å². The fourth-order valence-corrected chi connectivity index (χ4v) is 2.82. The van der Waals surface area contributed by atoms with E-state index in [-0.39, 0.29) is 5.41 Å². The number of hydrogen-bond acceptors (Lipinski definition) is 3. The maximum absolute atomic E-state index is 5.99. The van der Waals surface area contributed by atoms with Crippen molar-refractivity contribution in [3.63, 3.8) is 0 Å². The molecule has 2 aromatic carbocycles. The van der Waals surface area contributed by atoms with Crippen LogP contribution in [0.3, 0.4) is 0 Å². The van der Waals surface area contributed by atoms with Crippen molar-refractivity contribution in [3.05, 3.63) is 58.9 Å². The number of halogens is 1. The lowest BCUT2D eigenvalue weighted by Crippen LogP contribution is -2.08. The van der Waals surface area contributed by atoms with Crippen molar-refractivity contribution in [3.8, 4) is 0 Å². The first kappa shape index (κ1) is 11.8. The van der Waals surface area contributed by atoms with Crippen molar-refractivity contribution >= 4 is 28.4 Å². The number of nitrogen functional groups attached to an aromatic ring is 1. The third kappa shape index (κ3) is 1.70. The van der Waals surface area contributed by atoms with E-state index in [2.05, 4.69) is 17.1 Å². The highest BCUT2D eigenvalue weighted by atomic mass is 35.5. The molecule has 4 heteroatoms. The summed E-state index contributed by atoms with van der Waals surface area (Å²) in [7, 11) is 0. The Morgan fingerprint density at radius 3 is 2.55 bits per heavy atom. The van der Waals surface area contributed by atoms with Gasteiger partial charge in [-0.3, -0.25) is 0 Å². The number of aromatic nitrogens is 1. The van der Waals surface area contributed by atoms with Gasteiger partial charge in [-0.25, -0.2) is 4.98 Å². The number of fused-ring (bicyclic) bond motifs is 1. The maximum atomic E-state index is 5.99. The van der Waals surface area contributed by atoms with Crippen LogP contribution < -0.4 is 5.73 Å². The molecule has 2 N–H and O–H groups in total. The molecular weight excluding hydrogens is 272 g/mol. The lowest BCUT2D eigenvalue weighted by atomic mass is 9.96. The molecule has 4 rings (SSSR count). The largest absolute Gasteiger partial charge is 0.440 e. The molecule has 100 valence electrons. The van der Waals surface area contributed by atoms with E-state index in [4.69, 9.17) is 21.8 Å². The summed E-state index contributed by atoms with van der Waals surface area (Å²) in [5.74, 6) is 0.777. The molecule has 1 aromatic heterocycles. The van der Waals surface area contributed by atoms with Gasteiger partial charge < -0.3 is 10.2 Å². The van der Waals surface area contributed by atoms with Crippen molar-refractivity contribution in [1.29, 1.82) is 0 Å². The molecule has 0 atom stereocenters. The first-order chi connectivity index (χ1) is 9.67. The van der Waals surface area contributed by atoms with Crippen LogP contribution in [0.2, 0.25) is 5.02 Å². The van der Waals surface area contributed by atoms with E-state index >= 15 is 0 Å². The Kier molecular flexibility index (Phi) is 2.36. The Labute approximate surface area is 121 Å². The summed E-state index contributed by atoms with van der Waals surface area (Å²) < 4.78 is 5.93. The zero-order chi connectivity index (χ0) is 13.7. The molecular formula is C16H13ClN2O. The summed E-state index contributed by atoms with van der Waals surface area (Å²) in [6.07, 6.45) is 2.11. The zero-order valence-electron chi connectivity index (χ0n) is 10.8. The Bertz CT molecular complexity index is 788. The summed E-state index contributed by atoms with van der Waals surface area (Å²) >= 11 is 5.99. The highest BCUT2D eigenvalue weighted by Crippen LogP contribution is 2.53. The molecule has 0 aliphatic heterocycles. The van der Waals surface area contributed by atoms with Crippen LogP contribution in [0.15, 0.2) is 46.9 Å². The first-order valence-corrected chi connectivity index (χ1v) is 6.98. The van der Waals surface area contributed by atoms with Gasteiger partial charge >= 0.3 is 0 Å². The van der Waals surface area contributed by atoms with Crippen LogP contribution in [0.1, 0.15) is 24.3 Å². The van der Waals surface area contributed by atoms with E-state index in [0.717, 1.165) is 35.5 Å². The van der Waals surface area contributed by atoms with Gasteiger partial charge in [0.2, 0.25) is 5.89 Å². The van der Waals surface area contributed by atoms with Gasteiger partial charge in [0.1, 0.15) is 5.52 Å². The number of hydrogen-bond donors (Lipinski definition) is 1. The summed E-state index contributed by atoms with van der Waals surface area (Å²) in [6, 6.07) is 13.5. The van der Waals surface area contributed by atoms with Crippen LogP contribution >= 0.6 is 11.6 Å². The second-order valence-corrected chi connectivity index (χ2v) is 5.77. The second kappa shape index (κ2) is 4.00. The van der Waals surface area contributed by atoms with Gasteiger partial charge in [-0.1, -0.05) is 23.7 Å². The average Bonchev–Trinajstić information content (AvgIpc) is 3.14. The monoisotopic (exact) mass is 284 g/mol. The van der Waals surface area contributed by atoms with Crippen molar-refractivity contribution in [1.82, 2.24) is 4.98 Å². The van der Waals surface area contributed by atoms with Crippen LogP contribution in [-0.2, 0) is 5.41 Å². The van der Waals surface area contributed by atoms with E-state index in [1.165, 1.54) is 5.56 Å². The predicted octanol–water partition coefficient (Wildman–Crippen LogP) is 4.14. The van der Waals surface area contributed by atoms with Gasteiger partial charge in [-0.15, -0.1) is 0 Å². The number of nitrogens with zero attached hydrogens (tertiary/aromatic N) is 1. The molecule has 0 spiro atoms. The van der Waals surface area contributed by atoms with Gasteiger partial charge in [-0.2, -0.15) is 0 Å². The van der Waals surface area contributed by atoms with Crippen LogP contribution in [0.5, 0.6) is 0 Å². The Hall–Kier alpha value is -2.00. The second-order valence-electron chi connectivity index (χ2n) is 5.34. The normalized spacial score (nSPS) is 16.4. The number of oxazole rings is 1. The summed E-state index contributed by atoms with van der Waals surface area (Å²) in [5.41, 5.74) is 9.25. The van der Waals surface area contributed by atoms with Crippen LogP contribution in [0.25, 0.3) is 11.1 Å². The molecule has 3 nitrogen and oxygen atoms in total. The minimum Gasteiger partial charge on any atom is -0.440 e. The summed E-state index contributed by atoms with van der Waals surface area (Å²) in [5, 5.41) is 0.664. The molecule has 1 aliphatic rings. The fraction of sp³-hybridized carbons (Fsp3) is 0.188. The summed E-state index contributed by atoms with van der Waals surface area (Å²) in [6.45, 7) is 0. The summed E-state index contributed by atoms with van der Waals surface area (Å²) in [4.78, 5) is 4.63. The SMILES string of the molecule is Nc1ccc(C2(c3nc4ccc(Cl)cc4o3)CC2)cc1. The van der Waals surface area contributed by atoms with Crippen molar-refractivity contribution < 1.29 is 4.42 Å². The van der Waals surface area contributed by atoms with Crippen LogP contribution in [0, 0.1) is 0 Å². The predicted molar refractivity (Wildman–Crippen MR) is 79.9 cm³/mol. The van der Waals surface area contributed by atoms with Gasteiger partial charge in [0.25, 0.3) is 0 Å². The lowest BCUT2D eigenvalue weighted by molar-refractivity contribution is 0.492. The average molecular weight is 285 g/mol. The van der Waals surface area contributed by atoms with Gasteiger partial charge in [0, 0.05) is 16.8 Å². The van der Waals surface area contributed by atoms with Crippen molar-refractivity contribution in [2.75, 3.05) is 5.73 Å². The molecule has 1 saturated carbocycles. The smallest absolute Gasteiger partial charge is 0.206 e. The van der Waals surface area contributed by atoms with Crippen molar-refractivity contribution in [2.24, 2.45) is 0 Å². The molecule has 0 bridgehead atoms. The van der Waals surface area contributed by atoms with E-state index < -0.39 is 0 Å². The Morgan fingerprint density at radius 2 is 1.85 bits per heavy atom.